The fraction of sp³-hybridized carbons (Fsp3) is 0.194. The molecule has 1 fully saturated rings. The van der Waals surface area contributed by atoms with E-state index in [9.17, 15) is 9.18 Å². The van der Waals surface area contributed by atoms with Crippen LogP contribution in [0, 0.1) is 5.82 Å². The van der Waals surface area contributed by atoms with Crippen LogP contribution in [-0.2, 0) is 12.8 Å². The predicted molar refractivity (Wildman–Crippen MR) is 152 cm³/mol. The van der Waals surface area contributed by atoms with Crippen molar-refractivity contribution in [3.05, 3.63) is 114 Å². The first-order valence-electron chi connectivity index (χ1n) is 13.2. The van der Waals surface area contributed by atoms with Crippen LogP contribution >= 0.6 is 0 Å². The molecular formula is C31H29FN6O. The second-order valence-corrected chi connectivity index (χ2v) is 9.67. The van der Waals surface area contributed by atoms with Crippen LogP contribution in [0.5, 0.6) is 0 Å². The van der Waals surface area contributed by atoms with Crippen molar-refractivity contribution in [3.8, 4) is 11.1 Å². The molecule has 1 aliphatic rings. The summed E-state index contributed by atoms with van der Waals surface area (Å²) in [6.07, 6.45) is 5.11. The zero-order chi connectivity index (χ0) is 26.6. The number of rotatable bonds is 7. The molecule has 0 saturated carbocycles. The molecule has 7 nitrogen and oxygen atoms in total. The number of nitrogens with zero attached hydrogens (tertiary/aromatic N) is 4. The molecule has 0 aliphatic carbocycles. The van der Waals surface area contributed by atoms with E-state index in [1.54, 1.807) is 35.1 Å². The van der Waals surface area contributed by atoms with Crippen LogP contribution in [0.1, 0.15) is 21.6 Å². The fourth-order valence-electron chi connectivity index (χ4n) is 4.98. The van der Waals surface area contributed by atoms with Gasteiger partial charge in [0.2, 0.25) is 0 Å². The lowest BCUT2D eigenvalue weighted by Crippen LogP contribution is -2.43. The maximum atomic E-state index is 13.5. The van der Waals surface area contributed by atoms with Gasteiger partial charge in [-0.05, 0) is 59.9 Å². The van der Waals surface area contributed by atoms with E-state index in [-0.39, 0.29) is 11.7 Å². The standard InChI is InChI=1S/C31H29FN6O/c32-25-5-3-4-23(20-25)9-8-22-10-12-24(13-11-22)26-21-34-38-17-14-28(35-30(26)38)31(39)36-27-6-1-2-7-29(27)37-18-15-33-16-19-37/h1-7,10-14,17,20-21,33H,8-9,15-16,18-19H2,(H,36,39). The smallest absolute Gasteiger partial charge is 0.274 e. The number of anilines is 2. The van der Waals surface area contributed by atoms with Crippen molar-refractivity contribution in [2.45, 2.75) is 12.8 Å². The first-order valence-corrected chi connectivity index (χ1v) is 13.2. The Morgan fingerprint density at radius 3 is 2.54 bits per heavy atom. The maximum Gasteiger partial charge on any atom is 0.274 e. The largest absolute Gasteiger partial charge is 0.367 e. The van der Waals surface area contributed by atoms with Crippen molar-refractivity contribution in [2.75, 3.05) is 36.4 Å². The van der Waals surface area contributed by atoms with Gasteiger partial charge in [-0.25, -0.2) is 13.9 Å². The third-order valence-corrected chi connectivity index (χ3v) is 7.07. The van der Waals surface area contributed by atoms with Crippen molar-refractivity contribution in [3.63, 3.8) is 0 Å². The lowest BCUT2D eigenvalue weighted by molar-refractivity contribution is 0.102. The van der Waals surface area contributed by atoms with E-state index in [0.717, 1.165) is 72.6 Å². The lowest BCUT2D eigenvalue weighted by atomic mass is 10.0. The highest BCUT2D eigenvalue weighted by Crippen LogP contribution is 2.27. The number of benzene rings is 3. The molecule has 0 radical (unpaired) electrons. The van der Waals surface area contributed by atoms with E-state index in [1.165, 1.54) is 6.07 Å². The average molecular weight is 521 g/mol. The molecule has 6 rings (SSSR count). The number of hydrogen-bond donors (Lipinski definition) is 2. The third kappa shape index (κ3) is 5.51. The summed E-state index contributed by atoms with van der Waals surface area (Å²) in [5.41, 5.74) is 6.68. The van der Waals surface area contributed by atoms with Crippen LogP contribution in [-0.4, -0.2) is 46.7 Å². The maximum absolute atomic E-state index is 13.5. The van der Waals surface area contributed by atoms with Gasteiger partial charge in [-0.1, -0.05) is 48.5 Å². The summed E-state index contributed by atoms with van der Waals surface area (Å²) in [6, 6.07) is 24.5. The fourth-order valence-corrected chi connectivity index (χ4v) is 4.98. The van der Waals surface area contributed by atoms with Gasteiger partial charge in [0.1, 0.15) is 11.5 Å². The number of aryl methyl sites for hydroxylation is 2. The molecule has 2 aromatic heterocycles. The molecule has 0 bridgehead atoms. The van der Waals surface area contributed by atoms with Gasteiger partial charge in [-0.2, -0.15) is 5.10 Å². The SMILES string of the molecule is O=C(Nc1ccccc1N1CCNCC1)c1ccn2ncc(-c3ccc(CCc4cccc(F)c4)cc3)c2n1. The molecule has 196 valence electrons. The Labute approximate surface area is 226 Å². The van der Waals surface area contributed by atoms with Gasteiger partial charge >= 0.3 is 0 Å². The Morgan fingerprint density at radius 1 is 0.923 bits per heavy atom. The van der Waals surface area contributed by atoms with Crippen LogP contribution in [0.3, 0.4) is 0 Å². The minimum absolute atomic E-state index is 0.208. The summed E-state index contributed by atoms with van der Waals surface area (Å²) in [7, 11) is 0. The molecule has 39 heavy (non-hydrogen) atoms. The number of halogens is 1. The topological polar surface area (TPSA) is 74.6 Å². The Kier molecular flexibility index (Phi) is 7.01. The summed E-state index contributed by atoms with van der Waals surface area (Å²) in [4.78, 5) is 20.2. The zero-order valence-corrected chi connectivity index (χ0v) is 21.5. The quantitative estimate of drug-likeness (QED) is 0.317. The highest BCUT2D eigenvalue weighted by atomic mass is 19.1. The van der Waals surface area contributed by atoms with Crippen molar-refractivity contribution in [2.24, 2.45) is 0 Å². The zero-order valence-electron chi connectivity index (χ0n) is 21.5. The van der Waals surface area contributed by atoms with Crippen LogP contribution in [0.2, 0.25) is 0 Å². The molecule has 1 amide bonds. The monoisotopic (exact) mass is 520 g/mol. The van der Waals surface area contributed by atoms with Crippen molar-refractivity contribution in [1.82, 2.24) is 19.9 Å². The number of amides is 1. The average Bonchev–Trinajstić information content (AvgIpc) is 3.40. The Bertz CT molecular complexity index is 1610. The van der Waals surface area contributed by atoms with Crippen molar-refractivity contribution < 1.29 is 9.18 Å². The van der Waals surface area contributed by atoms with Crippen molar-refractivity contribution >= 4 is 22.9 Å². The van der Waals surface area contributed by atoms with E-state index in [1.807, 2.05) is 42.5 Å². The number of carbonyl (C=O) groups excluding carboxylic acids is 1. The van der Waals surface area contributed by atoms with Gasteiger partial charge in [0.05, 0.1) is 17.6 Å². The number of nitrogens with one attached hydrogen (secondary N) is 2. The minimum atomic E-state index is -0.264. The highest BCUT2D eigenvalue weighted by molar-refractivity contribution is 6.05. The molecular weight excluding hydrogens is 491 g/mol. The lowest BCUT2D eigenvalue weighted by Gasteiger charge is -2.31. The van der Waals surface area contributed by atoms with E-state index < -0.39 is 0 Å². The van der Waals surface area contributed by atoms with Crippen LogP contribution in [0.25, 0.3) is 16.8 Å². The van der Waals surface area contributed by atoms with Crippen LogP contribution in [0.4, 0.5) is 15.8 Å². The van der Waals surface area contributed by atoms with Gasteiger partial charge < -0.3 is 15.5 Å². The van der Waals surface area contributed by atoms with Gasteiger partial charge in [-0.3, -0.25) is 4.79 Å². The highest BCUT2D eigenvalue weighted by Gasteiger charge is 2.18. The Hall–Kier alpha value is -4.56. The van der Waals surface area contributed by atoms with E-state index in [4.69, 9.17) is 0 Å². The molecule has 0 atom stereocenters. The van der Waals surface area contributed by atoms with E-state index in [0.29, 0.717) is 11.3 Å². The van der Waals surface area contributed by atoms with Gasteiger partial charge in [0, 0.05) is 37.9 Å². The molecule has 3 aromatic carbocycles. The number of piperazine rings is 1. The number of para-hydroxylation sites is 2. The van der Waals surface area contributed by atoms with E-state index >= 15 is 0 Å². The molecule has 5 aromatic rings. The molecule has 0 unspecified atom stereocenters. The number of carbonyl (C=O) groups is 1. The first kappa shape index (κ1) is 24.8. The molecule has 2 N–H and O–H groups in total. The van der Waals surface area contributed by atoms with Crippen LogP contribution in [0.15, 0.2) is 91.3 Å². The predicted octanol–water partition coefficient (Wildman–Crippen LogP) is 4.98. The second-order valence-electron chi connectivity index (χ2n) is 9.67. The molecule has 1 aliphatic heterocycles. The molecule has 3 heterocycles. The summed E-state index contributed by atoms with van der Waals surface area (Å²) in [6.45, 7) is 3.61. The summed E-state index contributed by atoms with van der Waals surface area (Å²) in [5, 5.41) is 10.9. The molecule has 8 heteroatoms. The van der Waals surface area contributed by atoms with Gasteiger partial charge in [0.15, 0.2) is 5.65 Å². The number of aromatic nitrogens is 3. The summed E-state index contributed by atoms with van der Waals surface area (Å²) < 4.78 is 15.1. The number of hydrogen-bond acceptors (Lipinski definition) is 5. The Balaban J connectivity index is 1.20. The molecule has 0 spiro atoms. The summed E-state index contributed by atoms with van der Waals surface area (Å²) in [5.74, 6) is -0.472. The normalized spacial score (nSPS) is 13.5. The second kappa shape index (κ2) is 11.0. The molecule has 1 saturated heterocycles. The van der Waals surface area contributed by atoms with Crippen LogP contribution < -0.4 is 15.5 Å². The third-order valence-electron chi connectivity index (χ3n) is 7.07. The first-order chi connectivity index (χ1) is 19.1. The Morgan fingerprint density at radius 2 is 1.72 bits per heavy atom. The minimum Gasteiger partial charge on any atom is -0.367 e. The van der Waals surface area contributed by atoms with E-state index in [2.05, 4.69) is 37.7 Å². The number of fused-ring (bicyclic) bond motifs is 1. The van der Waals surface area contributed by atoms with Crippen molar-refractivity contribution in [1.29, 1.82) is 0 Å². The van der Waals surface area contributed by atoms with Gasteiger partial charge in [-0.15, -0.1) is 0 Å². The van der Waals surface area contributed by atoms with Gasteiger partial charge in [0.25, 0.3) is 5.91 Å². The summed E-state index contributed by atoms with van der Waals surface area (Å²) >= 11 is 0.